The molecule has 0 radical (unpaired) electrons. The Balaban J connectivity index is 2.92. The van der Waals surface area contributed by atoms with Crippen molar-refractivity contribution in [1.82, 2.24) is 9.62 Å². The monoisotopic (exact) mass is 271 g/mol. The Morgan fingerprint density at radius 2 is 1.94 bits per heavy atom. The van der Waals surface area contributed by atoms with Gasteiger partial charge in [0.15, 0.2) is 0 Å². The Morgan fingerprint density at radius 3 is 2.44 bits per heavy atom. The van der Waals surface area contributed by atoms with Gasteiger partial charge in [-0.2, -0.15) is 0 Å². The first-order valence-electron chi connectivity index (χ1n) is 5.75. The van der Waals surface area contributed by atoms with E-state index >= 15 is 0 Å². The molecule has 1 aromatic carbocycles. The molecule has 5 nitrogen and oxygen atoms in total. The van der Waals surface area contributed by atoms with Gasteiger partial charge >= 0.3 is 0 Å². The molecular weight excluding hydrogens is 250 g/mol. The van der Waals surface area contributed by atoms with E-state index in [0.717, 1.165) is 5.56 Å². The summed E-state index contributed by atoms with van der Waals surface area (Å²) in [6, 6.07) is 4.66. The van der Waals surface area contributed by atoms with Crippen LogP contribution in [0.25, 0.3) is 0 Å². The van der Waals surface area contributed by atoms with Gasteiger partial charge in [-0.15, -0.1) is 0 Å². The number of nitrogen functional groups attached to an aromatic ring is 1. The van der Waals surface area contributed by atoms with Crippen molar-refractivity contribution in [2.24, 2.45) is 0 Å². The summed E-state index contributed by atoms with van der Waals surface area (Å²) in [7, 11) is 0.290. The maximum atomic E-state index is 12.1. The maximum Gasteiger partial charge on any atom is 0.240 e. The van der Waals surface area contributed by atoms with Gasteiger partial charge < -0.3 is 10.6 Å². The minimum atomic E-state index is -3.51. The summed E-state index contributed by atoms with van der Waals surface area (Å²) in [5, 5.41) is 0. The lowest BCUT2D eigenvalue weighted by molar-refractivity contribution is 0.370. The number of likely N-dealkylation sites (N-methyl/N-ethyl adjacent to an activating group) is 1. The summed E-state index contributed by atoms with van der Waals surface area (Å²) in [6.07, 6.45) is 0. The number of sulfonamides is 1. The zero-order valence-electron chi connectivity index (χ0n) is 11.3. The third-order valence-electron chi connectivity index (χ3n) is 2.38. The van der Waals surface area contributed by atoms with E-state index < -0.39 is 10.0 Å². The van der Waals surface area contributed by atoms with E-state index in [1.54, 1.807) is 12.1 Å². The van der Waals surface area contributed by atoms with Crippen LogP contribution >= 0.6 is 0 Å². The second-order valence-corrected chi connectivity index (χ2v) is 6.58. The molecule has 0 spiro atoms. The van der Waals surface area contributed by atoms with E-state index in [-0.39, 0.29) is 10.9 Å². The summed E-state index contributed by atoms with van der Waals surface area (Å²) in [5.41, 5.74) is 6.95. The van der Waals surface area contributed by atoms with Gasteiger partial charge in [-0.3, -0.25) is 0 Å². The number of hydrogen-bond acceptors (Lipinski definition) is 4. The number of nitrogens with one attached hydrogen (secondary N) is 1. The lowest BCUT2D eigenvalue weighted by Gasteiger charge is -2.18. The molecule has 0 amide bonds. The molecule has 1 aromatic rings. The maximum absolute atomic E-state index is 12.1. The first-order valence-corrected chi connectivity index (χ1v) is 7.23. The van der Waals surface area contributed by atoms with Crippen LogP contribution in [0, 0.1) is 6.92 Å². The zero-order chi connectivity index (χ0) is 13.9. The average Bonchev–Trinajstić information content (AvgIpc) is 2.13. The molecule has 6 heteroatoms. The van der Waals surface area contributed by atoms with Crippen molar-refractivity contribution < 1.29 is 8.42 Å². The van der Waals surface area contributed by atoms with Gasteiger partial charge in [0, 0.05) is 18.3 Å². The molecular formula is C12H21N3O2S. The molecule has 1 rings (SSSR count). The number of benzene rings is 1. The van der Waals surface area contributed by atoms with E-state index in [9.17, 15) is 8.42 Å². The van der Waals surface area contributed by atoms with Crippen molar-refractivity contribution in [2.45, 2.75) is 24.8 Å². The highest BCUT2D eigenvalue weighted by atomic mass is 32.2. The highest BCUT2D eigenvalue weighted by molar-refractivity contribution is 7.89. The molecule has 18 heavy (non-hydrogen) atoms. The summed E-state index contributed by atoms with van der Waals surface area (Å²) >= 11 is 0. The zero-order valence-corrected chi connectivity index (χ0v) is 12.1. The Hall–Kier alpha value is -1.11. The molecule has 0 aliphatic rings. The van der Waals surface area contributed by atoms with Gasteiger partial charge in [-0.1, -0.05) is 0 Å². The Morgan fingerprint density at radius 1 is 1.33 bits per heavy atom. The number of aryl methyl sites for hydroxylation is 1. The lowest BCUT2D eigenvalue weighted by atomic mass is 10.2. The molecule has 1 unspecified atom stereocenters. The predicted molar refractivity (Wildman–Crippen MR) is 73.9 cm³/mol. The molecule has 0 saturated carbocycles. The highest BCUT2D eigenvalue weighted by Crippen LogP contribution is 2.16. The van der Waals surface area contributed by atoms with Crippen molar-refractivity contribution >= 4 is 15.7 Å². The minimum absolute atomic E-state index is 0.160. The molecule has 0 aliphatic heterocycles. The Bertz CT molecular complexity index is 492. The molecule has 0 fully saturated rings. The smallest absolute Gasteiger partial charge is 0.240 e. The van der Waals surface area contributed by atoms with Crippen LogP contribution in [0.3, 0.4) is 0 Å². The lowest BCUT2D eigenvalue weighted by Crippen LogP contribution is -2.39. The van der Waals surface area contributed by atoms with E-state index in [1.807, 2.05) is 32.8 Å². The van der Waals surface area contributed by atoms with E-state index in [1.165, 1.54) is 6.07 Å². The molecule has 1 atom stereocenters. The summed E-state index contributed by atoms with van der Waals surface area (Å²) in [5.74, 6) is 0. The number of rotatable bonds is 5. The van der Waals surface area contributed by atoms with Crippen LogP contribution < -0.4 is 10.5 Å². The van der Waals surface area contributed by atoms with E-state index in [2.05, 4.69) is 4.72 Å². The highest BCUT2D eigenvalue weighted by Gasteiger charge is 2.18. The molecule has 0 heterocycles. The standard InChI is InChI=1S/C12H21N3O2S/c1-9-5-11(13)7-12(6-9)18(16,17)14-10(2)8-15(3)4/h5-7,10,14H,8,13H2,1-4H3. The molecule has 0 aromatic heterocycles. The van der Waals surface area contributed by atoms with E-state index in [0.29, 0.717) is 12.2 Å². The van der Waals surface area contributed by atoms with Crippen molar-refractivity contribution in [2.75, 3.05) is 26.4 Å². The number of hydrogen-bond donors (Lipinski definition) is 2. The molecule has 0 aliphatic carbocycles. The summed E-state index contributed by atoms with van der Waals surface area (Å²) < 4.78 is 26.9. The van der Waals surface area contributed by atoms with Crippen LogP contribution in [-0.2, 0) is 10.0 Å². The second kappa shape index (κ2) is 5.69. The van der Waals surface area contributed by atoms with Crippen LogP contribution in [0.5, 0.6) is 0 Å². The first-order chi connectivity index (χ1) is 8.20. The predicted octanol–water partition coefficient (Wildman–Crippen LogP) is 0.806. The Labute approximate surface area is 109 Å². The van der Waals surface area contributed by atoms with Crippen LogP contribution in [0.15, 0.2) is 23.1 Å². The van der Waals surface area contributed by atoms with Crippen molar-refractivity contribution in [3.63, 3.8) is 0 Å². The van der Waals surface area contributed by atoms with Crippen molar-refractivity contribution in [1.29, 1.82) is 0 Å². The van der Waals surface area contributed by atoms with E-state index in [4.69, 9.17) is 5.73 Å². The van der Waals surface area contributed by atoms with Crippen LogP contribution in [0.2, 0.25) is 0 Å². The third-order valence-corrected chi connectivity index (χ3v) is 3.95. The Kier molecular flexibility index (Phi) is 4.72. The van der Waals surface area contributed by atoms with Gasteiger partial charge in [-0.25, -0.2) is 13.1 Å². The fraction of sp³-hybridized carbons (Fsp3) is 0.500. The van der Waals surface area contributed by atoms with Gasteiger partial charge in [0.25, 0.3) is 0 Å². The number of nitrogens with zero attached hydrogens (tertiary/aromatic N) is 1. The average molecular weight is 271 g/mol. The topological polar surface area (TPSA) is 75.4 Å². The molecule has 3 N–H and O–H groups in total. The van der Waals surface area contributed by atoms with Gasteiger partial charge in [-0.05, 0) is 51.7 Å². The number of anilines is 1. The van der Waals surface area contributed by atoms with Crippen molar-refractivity contribution in [3.8, 4) is 0 Å². The molecule has 0 saturated heterocycles. The fourth-order valence-corrected chi connectivity index (χ4v) is 3.22. The van der Waals surface area contributed by atoms with Gasteiger partial charge in [0.2, 0.25) is 10.0 Å². The molecule has 102 valence electrons. The van der Waals surface area contributed by atoms with Crippen LogP contribution in [0.4, 0.5) is 5.69 Å². The SMILES string of the molecule is Cc1cc(N)cc(S(=O)(=O)NC(C)CN(C)C)c1. The van der Waals surface area contributed by atoms with Gasteiger partial charge in [0.05, 0.1) is 4.90 Å². The fourth-order valence-electron chi connectivity index (χ4n) is 1.85. The van der Waals surface area contributed by atoms with Crippen LogP contribution in [-0.4, -0.2) is 40.0 Å². The quantitative estimate of drug-likeness (QED) is 0.777. The summed E-state index contributed by atoms with van der Waals surface area (Å²) in [6.45, 7) is 4.29. The second-order valence-electron chi connectivity index (χ2n) is 4.86. The molecule has 0 bridgehead atoms. The summed E-state index contributed by atoms with van der Waals surface area (Å²) in [4.78, 5) is 2.14. The largest absolute Gasteiger partial charge is 0.399 e. The van der Waals surface area contributed by atoms with Crippen molar-refractivity contribution in [3.05, 3.63) is 23.8 Å². The van der Waals surface area contributed by atoms with Crippen LogP contribution in [0.1, 0.15) is 12.5 Å². The first kappa shape index (κ1) is 14.9. The number of nitrogens with two attached hydrogens (primary N) is 1. The normalized spacial score (nSPS) is 13.8. The third kappa shape index (κ3) is 4.29. The minimum Gasteiger partial charge on any atom is -0.399 e. The van der Waals surface area contributed by atoms with Gasteiger partial charge in [0.1, 0.15) is 0 Å².